The van der Waals surface area contributed by atoms with E-state index >= 15 is 0 Å². The average molecular weight is 196 g/mol. The van der Waals surface area contributed by atoms with E-state index in [-0.39, 0.29) is 0 Å². The van der Waals surface area contributed by atoms with Gasteiger partial charge in [0.15, 0.2) is 0 Å². The van der Waals surface area contributed by atoms with Gasteiger partial charge in [-0.3, -0.25) is 4.55 Å². The van der Waals surface area contributed by atoms with Gasteiger partial charge in [-0.1, -0.05) is 0 Å². The molecule has 0 spiro atoms. The van der Waals surface area contributed by atoms with Crippen molar-refractivity contribution in [2.24, 2.45) is 0 Å². The average Bonchev–Trinajstić information content (AvgIpc) is 1.83. The summed E-state index contributed by atoms with van der Waals surface area (Å²) < 4.78 is 54.2. The Kier molecular flexibility index (Phi) is 2.29. The molecule has 68 valence electrons. The fraction of sp³-hybridized carbons (Fsp3) is 0.333. The lowest BCUT2D eigenvalue weighted by Gasteiger charge is -2.09. The van der Waals surface area contributed by atoms with Crippen molar-refractivity contribution in [1.82, 2.24) is 0 Å². The minimum absolute atomic E-state index is 0.633. The minimum atomic E-state index is -4.55. The van der Waals surface area contributed by atoms with Gasteiger partial charge in [0.25, 0.3) is 10.1 Å². The Labute approximate surface area is 68.1 Å². The molecular formula is C6H6F2O3S. The quantitative estimate of drug-likeness (QED) is 0.644. The lowest BCUT2D eigenvalue weighted by atomic mass is 10.1. The summed E-state index contributed by atoms with van der Waals surface area (Å²) in [6.07, 6.45) is -0.549. The molecule has 1 rings (SSSR count). The molecule has 0 aromatic heterocycles. The Morgan fingerprint density at radius 1 is 1.58 bits per heavy atom. The van der Waals surface area contributed by atoms with Crippen molar-refractivity contribution in [3.8, 4) is 0 Å². The molecule has 0 amide bonds. The van der Waals surface area contributed by atoms with Crippen LogP contribution in [0.5, 0.6) is 0 Å². The standard InChI is InChI=1S/C6H6F2O3S/c7-4-1-2-6(5(8)3-4)12(9,10)11/h1-2,4H,3H2,(H,9,10,11)/t4-/m0/s1. The summed E-state index contributed by atoms with van der Waals surface area (Å²) in [7, 11) is -4.55. The molecule has 1 aliphatic rings. The van der Waals surface area contributed by atoms with E-state index in [0.29, 0.717) is 0 Å². The summed E-state index contributed by atoms with van der Waals surface area (Å²) in [5.74, 6) is -1.15. The van der Waals surface area contributed by atoms with Crippen LogP contribution in [0.1, 0.15) is 6.42 Å². The third-order valence-corrected chi connectivity index (χ3v) is 2.29. The first-order valence-electron chi connectivity index (χ1n) is 3.09. The molecule has 6 heteroatoms. The molecule has 0 bridgehead atoms. The molecule has 0 radical (unpaired) electrons. The number of alkyl halides is 1. The van der Waals surface area contributed by atoms with Crippen molar-refractivity contribution >= 4 is 10.1 Å². The van der Waals surface area contributed by atoms with Gasteiger partial charge in [0.2, 0.25) is 0 Å². The Bertz CT molecular complexity index is 342. The second kappa shape index (κ2) is 2.95. The lowest BCUT2D eigenvalue weighted by Crippen LogP contribution is -2.09. The number of hydrogen-bond acceptors (Lipinski definition) is 2. The Morgan fingerprint density at radius 2 is 2.17 bits per heavy atom. The smallest absolute Gasteiger partial charge is 0.282 e. The number of allylic oxidation sites excluding steroid dienone is 3. The fourth-order valence-electron chi connectivity index (χ4n) is 0.848. The first-order chi connectivity index (χ1) is 5.41. The van der Waals surface area contributed by atoms with E-state index in [9.17, 15) is 17.2 Å². The Morgan fingerprint density at radius 3 is 2.58 bits per heavy atom. The SMILES string of the molecule is O=S(=O)(O)C1=C(F)C[C@@H](F)C=C1. The topological polar surface area (TPSA) is 54.4 Å². The van der Waals surface area contributed by atoms with Crippen LogP contribution in [0.4, 0.5) is 8.78 Å². The van der Waals surface area contributed by atoms with Gasteiger partial charge in [-0.2, -0.15) is 8.42 Å². The zero-order valence-electron chi connectivity index (χ0n) is 5.87. The highest BCUT2D eigenvalue weighted by molar-refractivity contribution is 7.90. The predicted molar refractivity (Wildman–Crippen MR) is 38.3 cm³/mol. The molecule has 0 fully saturated rings. The van der Waals surface area contributed by atoms with E-state index in [2.05, 4.69) is 0 Å². The Hall–Kier alpha value is -0.750. The maximum atomic E-state index is 12.6. The molecule has 0 aromatic rings. The first-order valence-corrected chi connectivity index (χ1v) is 4.53. The summed E-state index contributed by atoms with van der Waals surface area (Å²) in [6, 6.07) is 0. The van der Waals surface area contributed by atoms with Crippen molar-refractivity contribution in [3.05, 3.63) is 22.9 Å². The molecule has 0 unspecified atom stereocenters. The van der Waals surface area contributed by atoms with Crippen molar-refractivity contribution in [1.29, 1.82) is 0 Å². The van der Waals surface area contributed by atoms with E-state index in [0.717, 1.165) is 12.2 Å². The van der Waals surface area contributed by atoms with Gasteiger partial charge in [-0.15, -0.1) is 0 Å². The van der Waals surface area contributed by atoms with Crippen molar-refractivity contribution in [3.63, 3.8) is 0 Å². The highest BCUT2D eigenvalue weighted by Gasteiger charge is 2.23. The van der Waals surface area contributed by atoms with Gasteiger partial charge >= 0.3 is 0 Å². The van der Waals surface area contributed by atoms with Gasteiger partial charge in [0.1, 0.15) is 16.9 Å². The van der Waals surface area contributed by atoms with Crippen LogP contribution >= 0.6 is 0 Å². The van der Waals surface area contributed by atoms with Crippen LogP contribution in [0, 0.1) is 0 Å². The van der Waals surface area contributed by atoms with Crippen molar-refractivity contribution in [2.45, 2.75) is 12.6 Å². The summed E-state index contributed by atoms with van der Waals surface area (Å²) in [5.41, 5.74) is 0. The van der Waals surface area contributed by atoms with Crippen LogP contribution in [0.15, 0.2) is 22.9 Å². The zero-order valence-corrected chi connectivity index (χ0v) is 6.68. The van der Waals surface area contributed by atoms with E-state index in [1.807, 2.05) is 0 Å². The largest absolute Gasteiger partial charge is 0.297 e. The highest BCUT2D eigenvalue weighted by atomic mass is 32.2. The molecule has 0 aliphatic heterocycles. The number of halogens is 2. The summed E-state index contributed by atoms with van der Waals surface area (Å²) in [6.45, 7) is 0. The molecule has 0 heterocycles. The van der Waals surface area contributed by atoms with Crippen LogP contribution in [-0.4, -0.2) is 19.1 Å². The van der Waals surface area contributed by atoms with Gasteiger partial charge < -0.3 is 0 Å². The molecule has 12 heavy (non-hydrogen) atoms. The van der Waals surface area contributed by atoms with Gasteiger partial charge in [0.05, 0.1) is 0 Å². The van der Waals surface area contributed by atoms with Gasteiger partial charge in [-0.05, 0) is 12.2 Å². The van der Waals surface area contributed by atoms with Crippen LogP contribution in [0.25, 0.3) is 0 Å². The van der Waals surface area contributed by atoms with E-state index in [1.54, 1.807) is 0 Å². The van der Waals surface area contributed by atoms with Crippen molar-refractivity contribution in [2.75, 3.05) is 0 Å². The molecule has 0 saturated heterocycles. The van der Waals surface area contributed by atoms with Crippen molar-refractivity contribution < 1.29 is 21.8 Å². The van der Waals surface area contributed by atoms with E-state index in [1.165, 1.54) is 0 Å². The predicted octanol–water partition coefficient (Wildman–Crippen LogP) is 1.35. The second-order valence-corrected chi connectivity index (χ2v) is 3.71. The molecule has 3 nitrogen and oxygen atoms in total. The molecule has 0 saturated carbocycles. The fourth-order valence-corrected chi connectivity index (χ4v) is 1.46. The minimum Gasteiger partial charge on any atom is -0.282 e. The summed E-state index contributed by atoms with van der Waals surface area (Å²) >= 11 is 0. The summed E-state index contributed by atoms with van der Waals surface area (Å²) in [4.78, 5) is -0.851. The zero-order chi connectivity index (χ0) is 9.35. The first kappa shape index (κ1) is 9.34. The van der Waals surface area contributed by atoms with E-state index in [4.69, 9.17) is 4.55 Å². The maximum absolute atomic E-state index is 12.6. The normalized spacial score (nSPS) is 24.8. The third-order valence-electron chi connectivity index (χ3n) is 1.38. The Balaban J connectivity index is 3.09. The second-order valence-electron chi connectivity index (χ2n) is 2.32. The van der Waals surface area contributed by atoms with Crippen LogP contribution in [0.3, 0.4) is 0 Å². The van der Waals surface area contributed by atoms with Gasteiger partial charge in [-0.25, -0.2) is 8.78 Å². The molecule has 1 aliphatic carbocycles. The highest BCUT2D eigenvalue weighted by Crippen LogP contribution is 2.25. The van der Waals surface area contributed by atoms with Gasteiger partial charge in [0, 0.05) is 6.42 Å². The lowest BCUT2D eigenvalue weighted by molar-refractivity contribution is 0.367. The molecular weight excluding hydrogens is 190 g/mol. The molecule has 1 atom stereocenters. The summed E-state index contributed by atoms with van der Waals surface area (Å²) in [5, 5.41) is 0. The third kappa shape index (κ3) is 1.89. The number of hydrogen-bond donors (Lipinski definition) is 1. The maximum Gasteiger partial charge on any atom is 0.297 e. The van der Waals surface area contributed by atoms with E-state index < -0.39 is 33.4 Å². The number of rotatable bonds is 1. The monoisotopic (exact) mass is 196 g/mol. The van der Waals surface area contributed by atoms with Crippen LogP contribution in [-0.2, 0) is 10.1 Å². The molecule has 1 N–H and O–H groups in total. The van der Waals surface area contributed by atoms with Crippen LogP contribution < -0.4 is 0 Å². The molecule has 0 aromatic carbocycles. The van der Waals surface area contributed by atoms with Crippen LogP contribution in [0.2, 0.25) is 0 Å².